The molecule has 1 heterocycles. The minimum atomic E-state index is -0.567. The largest absolute Gasteiger partial charge is 0.393 e. The molecule has 0 saturated carbocycles. The molecule has 1 aliphatic rings. The van der Waals surface area contributed by atoms with Crippen LogP contribution in [0.4, 0.5) is 11.4 Å². The summed E-state index contributed by atoms with van der Waals surface area (Å²) in [5.74, 6) is -0.177. The second-order valence-corrected chi connectivity index (χ2v) is 4.98. The number of hydrogen-bond donors (Lipinski definition) is 1. The lowest BCUT2D eigenvalue weighted by atomic mass is 10.1. The molecule has 108 valence electrons. The van der Waals surface area contributed by atoms with E-state index in [0.29, 0.717) is 18.7 Å². The Labute approximate surface area is 117 Å². The van der Waals surface area contributed by atoms with Crippen molar-refractivity contribution in [2.75, 3.05) is 39.0 Å². The fraction of sp³-hybridized carbons (Fsp3) is 0.462. The van der Waals surface area contributed by atoms with Gasteiger partial charge in [0.05, 0.1) is 4.92 Å². The molecule has 1 aromatic rings. The molecule has 1 saturated heterocycles. The molecule has 2 rings (SSSR count). The van der Waals surface area contributed by atoms with E-state index in [1.807, 2.05) is 7.05 Å². The Morgan fingerprint density at radius 2 is 2.05 bits per heavy atom. The molecule has 1 aliphatic heterocycles. The lowest BCUT2D eigenvalue weighted by molar-refractivity contribution is -0.383. The van der Waals surface area contributed by atoms with Crippen LogP contribution < -0.4 is 5.73 Å². The van der Waals surface area contributed by atoms with Gasteiger partial charge in [-0.3, -0.25) is 14.9 Å². The molecular weight excluding hydrogens is 260 g/mol. The number of nitrogens with zero attached hydrogens (tertiary/aromatic N) is 3. The van der Waals surface area contributed by atoms with E-state index < -0.39 is 4.92 Å². The van der Waals surface area contributed by atoms with Crippen molar-refractivity contribution in [1.82, 2.24) is 9.80 Å². The molecule has 2 N–H and O–H groups in total. The van der Waals surface area contributed by atoms with Crippen molar-refractivity contribution < 1.29 is 9.72 Å². The van der Waals surface area contributed by atoms with Crippen molar-refractivity contribution in [1.29, 1.82) is 0 Å². The van der Waals surface area contributed by atoms with Crippen LogP contribution in [-0.2, 0) is 0 Å². The maximum atomic E-state index is 12.4. The highest BCUT2D eigenvalue weighted by molar-refractivity contribution is 5.95. The topological polar surface area (TPSA) is 92.7 Å². The normalized spacial score (nSPS) is 16.8. The lowest BCUT2D eigenvalue weighted by Crippen LogP contribution is -2.34. The summed E-state index contributed by atoms with van der Waals surface area (Å²) >= 11 is 0. The summed E-state index contributed by atoms with van der Waals surface area (Å²) in [6, 6.07) is 4.21. The molecule has 1 aromatic carbocycles. The van der Waals surface area contributed by atoms with Crippen molar-refractivity contribution in [3.63, 3.8) is 0 Å². The number of hydrogen-bond acceptors (Lipinski definition) is 5. The van der Waals surface area contributed by atoms with E-state index in [4.69, 9.17) is 5.73 Å². The van der Waals surface area contributed by atoms with Gasteiger partial charge in [-0.1, -0.05) is 0 Å². The maximum Gasteiger partial charge on any atom is 0.292 e. The molecule has 7 heteroatoms. The highest BCUT2D eigenvalue weighted by Gasteiger charge is 2.21. The number of nitro benzene ring substituents is 1. The van der Waals surface area contributed by atoms with Crippen LogP contribution in [0.2, 0.25) is 0 Å². The number of amides is 1. The van der Waals surface area contributed by atoms with Crippen molar-refractivity contribution in [3.8, 4) is 0 Å². The maximum absolute atomic E-state index is 12.4. The number of carbonyl (C=O) groups is 1. The number of rotatable bonds is 2. The zero-order valence-electron chi connectivity index (χ0n) is 11.4. The quantitative estimate of drug-likeness (QED) is 0.494. The van der Waals surface area contributed by atoms with E-state index in [0.717, 1.165) is 19.5 Å². The Morgan fingerprint density at radius 3 is 2.75 bits per heavy atom. The standard InChI is InChI=1S/C13H18N4O3/c1-15-5-2-6-16(8-7-15)13(18)10-3-4-11(14)12(9-10)17(19)20/h3-4,9H,2,5-8,14H2,1H3. The summed E-state index contributed by atoms with van der Waals surface area (Å²) < 4.78 is 0. The van der Waals surface area contributed by atoms with Crippen molar-refractivity contribution in [3.05, 3.63) is 33.9 Å². The van der Waals surface area contributed by atoms with Gasteiger partial charge in [0, 0.05) is 31.3 Å². The van der Waals surface area contributed by atoms with Crippen molar-refractivity contribution in [2.45, 2.75) is 6.42 Å². The lowest BCUT2D eigenvalue weighted by Gasteiger charge is -2.20. The van der Waals surface area contributed by atoms with Crippen LogP contribution in [-0.4, -0.2) is 53.9 Å². The third kappa shape index (κ3) is 3.05. The van der Waals surface area contributed by atoms with E-state index in [-0.39, 0.29) is 17.3 Å². The Bertz CT molecular complexity index is 532. The molecular formula is C13H18N4O3. The van der Waals surface area contributed by atoms with Gasteiger partial charge in [-0.15, -0.1) is 0 Å². The third-order valence-electron chi connectivity index (χ3n) is 3.48. The fourth-order valence-corrected chi connectivity index (χ4v) is 2.27. The van der Waals surface area contributed by atoms with Crippen molar-refractivity contribution in [2.24, 2.45) is 0 Å². The summed E-state index contributed by atoms with van der Waals surface area (Å²) in [5, 5.41) is 10.9. The predicted octanol–water partition coefficient (Wildman–Crippen LogP) is 0.955. The van der Waals surface area contributed by atoms with Gasteiger partial charge in [0.25, 0.3) is 11.6 Å². The van der Waals surface area contributed by atoms with E-state index in [1.54, 1.807) is 11.0 Å². The van der Waals surface area contributed by atoms with Crippen LogP contribution in [0.3, 0.4) is 0 Å². The number of nitrogens with two attached hydrogens (primary N) is 1. The molecule has 1 fully saturated rings. The first-order chi connectivity index (χ1) is 9.49. The second-order valence-electron chi connectivity index (χ2n) is 4.98. The summed E-state index contributed by atoms with van der Waals surface area (Å²) in [6.07, 6.45) is 0.902. The highest BCUT2D eigenvalue weighted by Crippen LogP contribution is 2.23. The van der Waals surface area contributed by atoms with Crippen LogP contribution in [0, 0.1) is 10.1 Å². The zero-order valence-corrected chi connectivity index (χ0v) is 11.4. The number of nitrogen functional groups attached to an aromatic ring is 1. The number of likely N-dealkylation sites (N-methyl/N-ethyl adjacent to an activating group) is 1. The fourth-order valence-electron chi connectivity index (χ4n) is 2.27. The summed E-state index contributed by atoms with van der Waals surface area (Å²) in [6.45, 7) is 3.06. The average Bonchev–Trinajstić information content (AvgIpc) is 2.63. The zero-order chi connectivity index (χ0) is 14.7. The Hall–Kier alpha value is -2.15. The van der Waals surface area contributed by atoms with E-state index in [1.165, 1.54) is 12.1 Å². The Morgan fingerprint density at radius 1 is 1.30 bits per heavy atom. The van der Waals surface area contributed by atoms with Gasteiger partial charge in [0.1, 0.15) is 5.69 Å². The summed E-state index contributed by atoms with van der Waals surface area (Å²) in [4.78, 5) is 26.6. The molecule has 0 spiro atoms. The van der Waals surface area contributed by atoms with Gasteiger partial charge in [0.2, 0.25) is 0 Å². The van der Waals surface area contributed by atoms with Gasteiger partial charge < -0.3 is 15.5 Å². The smallest absolute Gasteiger partial charge is 0.292 e. The minimum absolute atomic E-state index is 0.0714. The first kappa shape index (κ1) is 14.3. The SMILES string of the molecule is CN1CCCN(C(=O)c2ccc(N)c([N+](=O)[O-])c2)CC1. The van der Waals surface area contributed by atoms with E-state index in [9.17, 15) is 14.9 Å². The molecule has 1 amide bonds. The average molecular weight is 278 g/mol. The van der Waals surface area contributed by atoms with E-state index in [2.05, 4.69) is 4.90 Å². The molecule has 0 radical (unpaired) electrons. The second kappa shape index (κ2) is 5.87. The van der Waals surface area contributed by atoms with Gasteiger partial charge in [-0.2, -0.15) is 0 Å². The Kier molecular flexibility index (Phi) is 4.19. The number of nitro groups is 1. The third-order valence-corrected chi connectivity index (χ3v) is 3.48. The van der Waals surface area contributed by atoms with Gasteiger partial charge in [0.15, 0.2) is 0 Å². The monoisotopic (exact) mass is 278 g/mol. The van der Waals surface area contributed by atoms with Crippen LogP contribution in [0.5, 0.6) is 0 Å². The number of anilines is 1. The van der Waals surface area contributed by atoms with Crippen LogP contribution in [0.15, 0.2) is 18.2 Å². The van der Waals surface area contributed by atoms with Crippen LogP contribution >= 0.6 is 0 Å². The molecule has 0 aromatic heterocycles. The predicted molar refractivity (Wildman–Crippen MR) is 75.5 cm³/mol. The van der Waals surface area contributed by atoms with E-state index >= 15 is 0 Å². The molecule has 7 nitrogen and oxygen atoms in total. The first-order valence-electron chi connectivity index (χ1n) is 6.51. The minimum Gasteiger partial charge on any atom is -0.393 e. The highest BCUT2D eigenvalue weighted by atomic mass is 16.6. The van der Waals surface area contributed by atoms with Crippen LogP contribution in [0.1, 0.15) is 16.8 Å². The molecule has 0 bridgehead atoms. The van der Waals surface area contributed by atoms with Crippen molar-refractivity contribution >= 4 is 17.3 Å². The molecule has 0 atom stereocenters. The molecule has 0 aliphatic carbocycles. The molecule has 20 heavy (non-hydrogen) atoms. The van der Waals surface area contributed by atoms with Gasteiger partial charge >= 0.3 is 0 Å². The van der Waals surface area contributed by atoms with Gasteiger partial charge in [-0.05, 0) is 32.1 Å². The number of carbonyl (C=O) groups excluding carboxylic acids is 1. The van der Waals surface area contributed by atoms with Crippen LogP contribution in [0.25, 0.3) is 0 Å². The Balaban J connectivity index is 2.20. The molecule has 0 unspecified atom stereocenters. The number of benzene rings is 1. The summed E-state index contributed by atoms with van der Waals surface area (Å²) in [7, 11) is 2.02. The first-order valence-corrected chi connectivity index (χ1v) is 6.51. The summed E-state index contributed by atoms with van der Waals surface area (Å²) in [5.41, 5.74) is 5.71. The van der Waals surface area contributed by atoms with Gasteiger partial charge in [-0.25, -0.2) is 0 Å².